The largest absolute Gasteiger partial charge is 0.573 e. The number of hydrogen-bond acceptors (Lipinski definition) is 4. The van der Waals surface area contributed by atoms with E-state index in [4.69, 9.17) is 5.73 Å². The molecule has 7 nitrogen and oxygen atoms in total. The summed E-state index contributed by atoms with van der Waals surface area (Å²) in [5.41, 5.74) is 4.95. The number of halogens is 3. The fraction of sp³-hybridized carbons (Fsp3) is 0.500. The van der Waals surface area contributed by atoms with E-state index >= 15 is 0 Å². The van der Waals surface area contributed by atoms with E-state index in [-0.39, 0.29) is 18.1 Å². The van der Waals surface area contributed by atoms with Crippen molar-refractivity contribution in [1.82, 2.24) is 10.2 Å². The van der Waals surface area contributed by atoms with Crippen molar-refractivity contribution in [2.45, 2.75) is 62.9 Å². The van der Waals surface area contributed by atoms with Crippen LogP contribution in [0, 0.1) is 11.8 Å². The highest BCUT2D eigenvalue weighted by atomic mass is 19.4. The number of benzene rings is 1. The van der Waals surface area contributed by atoms with Crippen LogP contribution in [0.4, 0.5) is 13.2 Å². The lowest BCUT2D eigenvalue weighted by Crippen LogP contribution is -2.51. The summed E-state index contributed by atoms with van der Waals surface area (Å²) in [6, 6.07) is 3.83. The quantitative estimate of drug-likeness (QED) is 0.619. The minimum atomic E-state index is -4.79. The van der Waals surface area contributed by atoms with Crippen molar-refractivity contribution in [2.75, 3.05) is 6.54 Å². The summed E-state index contributed by atoms with van der Waals surface area (Å²) in [4.78, 5) is 39.0. The molecule has 10 heteroatoms. The molecule has 32 heavy (non-hydrogen) atoms. The molecule has 172 valence electrons. The van der Waals surface area contributed by atoms with Gasteiger partial charge in [-0.25, -0.2) is 0 Å². The van der Waals surface area contributed by atoms with Crippen LogP contribution in [0.5, 0.6) is 5.75 Å². The first kappa shape index (κ1) is 23.4. The van der Waals surface area contributed by atoms with Gasteiger partial charge in [0, 0.05) is 6.54 Å². The Morgan fingerprint density at radius 1 is 1.28 bits per heavy atom. The molecule has 1 aliphatic heterocycles. The first-order chi connectivity index (χ1) is 15.1. The lowest BCUT2D eigenvalue weighted by atomic mass is 9.93. The van der Waals surface area contributed by atoms with Crippen molar-refractivity contribution < 1.29 is 32.3 Å². The Labute approximate surface area is 183 Å². The number of rotatable bonds is 7. The molecular formula is C22H24F3N3O4. The van der Waals surface area contributed by atoms with Crippen LogP contribution in [0.2, 0.25) is 0 Å². The van der Waals surface area contributed by atoms with Crippen LogP contribution in [0.25, 0.3) is 0 Å². The van der Waals surface area contributed by atoms with Gasteiger partial charge in [-0.2, -0.15) is 0 Å². The SMILES string of the molecule is CC#C[C@H](CC(N)=O)NC(=O)[C@@H]1CCCN1C(=O)C1(c2ccc(OC(F)(F)F)cc2)CC1. The van der Waals surface area contributed by atoms with Crippen LogP contribution in [-0.2, 0) is 19.8 Å². The second-order valence-electron chi connectivity index (χ2n) is 7.94. The Kier molecular flexibility index (Phi) is 6.67. The Morgan fingerprint density at radius 3 is 2.47 bits per heavy atom. The molecule has 3 N–H and O–H groups in total. The standard InChI is InChI=1S/C22H24F3N3O4/c1-2-4-15(13-18(26)29)27-19(30)17-5-3-12-28(17)20(31)21(10-11-21)14-6-8-16(9-7-14)32-22(23,24)25/h6-9,15,17H,3,5,10-13H2,1H3,(H2,26,29)(H,27,30)/t15-,17+/m1/s1. The van der Waals surface area contributed by atoms with Crippen LogP contribution >= 0.6 is 0 Å². The normalized spacial score (nSPS) is 20.0. The highest BCUT2D eigenvalue weighted by Crippen LogP contribution is 2.50. The average molecular weight is 451 g/mol. The smallest absolute Gasteiger partial charge is 0.406 e. The molecule has 2 fully saturated rings. The van der Waals surface area contributed by atoms with Crippen LogP contribution < -0.4 is 15.8 Å². The van der Waals surface area contributed by atoms with Gasteiger partial charge in [0.05, 0.1) is 17.9 Å². The molecule has 0 unspecified atom stereocenters. The summed E-state index contributed by atoms with van der Waals surface area (Å²) < 4.78 is 41.1. The maximum atomic E-state index is 13.4. The number of nitrogens with zero attached hydrogens (tertiary/aromatic N) is 1. The topological polar surface area (TPSA) is 102 Å². The Hall–Kier alpha value is -3.22. The third kappa shape index (κ3) is 5.33. The molecule has 3 amide bonds. The zero-order chi connectivity index (χ0) is 23.5. The number of carbonyl (C=O) groups excluding carboxylic acids is 3. The predicted molar refractivity (Wildman–Crippen MR) is 108 cm³/mol. The van der Waals surface area contributed by atoms with E-state index in [1.165, 1.54) is 29.2 Å². The van der Waals surface area contributed by atoms with Crippen LogP contribution in [-0.4, -0.2) is 47.6 Å². The molecule has 0 spiro atoms. The maximum absolute atomic E-state index is 13.4. The van der Waals surface area contributed by atoms with Gasteiger partial charge in [0.1, 0.15) is 11.8 Å². The number of likely N-dealkylation sites (tertiary alicyclic amines) is 1. The van der Waals surface area contributed by atoms with Crippen LogP contribution in [0.15, 0.2) is 24.3 Å². The van der Waals surface area contributed by atoms with Gasteiger partial charge in [-0.3, -0.25) is 14.4 Å². The van der Waals surface area contributed by atoms with E-state index in [9.17, 15) is 27.6 Å². The molecule has 0 radical (unpaired) electrons. The second-order valence-corrected chi connectivity index (χ2v) is 7.94. The molecule has 1 aromatic rings. The summed E-state index contributed by atoms with van der Waals surface area (Å²) in [5.74, 6) is 3.77. The molecule has 0 bridgehead atoms. The fourth-order valence-corrected chi connectivity index (χ4v) is 4.07. The Bertz CT molecular complexity index is 946. The molecule has 2 aliphatic rings. The van der Waals surface area contributed by atoms with E-state index < -0.39 is 35.7 Å². The van der Waals surface area contributed by atoms with Crippen molar-refractivity contribution in [3.8, 4) is 17.6 Å². The van der Waals surface area contributed by atoms with E-state index in [0.29, 0.717) is 37.8 Å². The minimum absolute atomic E-state index is 0.135. The van der Waals surface area contributed by atoms with Crippen LogP contribution in [0.1, 0.15) is 44.6 Å². The minimum Gasteiger partial charge on any atom is -0.406 e. The molecule has 1 aromatic carbocycles. The molecule has 1 aliphatic carbocycles. The molecule has 3 rings (SSSR count). The number of nitrogens with one attached hydrogen (secondary N) is 1. The fourth-order valence-electron chi connectivity index (χ4n) is 4.07. The van der Waals surface area contributed by atoms with Gasteiger partial charge < -0.3 is 20.7 Å². The summed E-state index contributed by atoms with van der Waals surface area (Å²) in [6.07, 6.45) is -2.74. The maximum Gasteiger partial charge on any atom is 0.573 e. The number of hydrogen-bond donors (Lipinski definition) is 2. The zero-order valence-electron chi connectivity index (χ0n) is 17.5. The monoisotopic (exact) mass is 451 g/mol. The number of amides is 3. The molecule has 2 atom stereocenters. The number of nitrogens with two attached hydrogens (primary N) is 1. The van der Waals surface area contributed by atoms with E-state index in [2.05, 4.69) is 21.9 Å². The first-order valence-electron chi connectivity index (χ1n) is 10.2. The van der Waals surface area contributed by atoms with Crippen molar-refractivity contribution in [3.63, 3.8) is 0 Å². The highest BCUT2D eigenvalue weighted by Gasteiger charge is 2.55. The summed E-state index contributed by atoms with van der Waals surface area (Å²) in [5, 5.41) is 2.69. The lowest BCUT2D eigenvalue weighted by Gasteiger charge is -2.29. The lowest BCUT2D eigenvalue weighted by molar-refractivity contribution is -0.274. The number of primary amides is 1. The van der Waals surface area contributed by atoms with Gasteiger partial charge in [0.15, 0.2) is 0 Å². The van der Waals surface area contributed by atoms with Crippen molar-refractivity contribution in [2.24, 2.45) is 5.73 Å². The molecule has 1 heterocycles. The molecule has 1 saturated heterocycles. The molecule has 0 aromatic heterocycles. The number of ether oxygens (including phenoxy) is 1. The number of carbonyl (C=O) groups is 3. The van der Waals surface area contributed by atoms with E-state index in [0.717, 1.165) is 0 Å². The Balaban J connectivity index is 1.72. The number of alkyl halides is 3. The van der Waals surface area contributed by atoms with Gasteiger partial charge in [-0.15, -0.1) is 19.1 Å². The average Bonchev–Trinajstić information content (AvgIpc) is 3.35. The van der Waals surface area contributed by atoms with Gasteiger partial charge in [0.2, 0.25) is 17.7 Å². The second kappa shape index (κ2) is 9.10. The third-order valence-corrected chi connectivity index (χ3v) is 5.66. The molecule has 1 saturated carbocycles. The summed E-state index contributed by atoms with van der Waals surface area (Å²) in [7, 11) is 0. The van der Waals surface area contributed by atoms with E-state index in [1.54, 1.807) is 6.92 Å². The van der Waals surface area contributed by atoms with Crippen LogP contribution in [0.3, 0.4) is 0 Å². The van der Waals surface area contributed by atoms with Gasteiger partial charge in [0.25, 0.3) is 0 Å². The van der Waals surface area contributed by atoms with Crippen molar-refractivity contribution in [1.29, 1.82) is 0 Å². The van der Waals surface area contributed by atoms with Gasteiger partial charge in [-0.1, -0.05) is 18.1 Å². The Morgan fingerprint density at radius 2 is 1.94 bits per heavy atom. The summed E-state index contributed by atoms with van der Waals surface area (Å²) in [6.45, 7) is 1.97. The van der Waals surface area contributed by atoms with E-state index in [1.807, 2.05) is 0 Å². The predicted octanol–water partition coefficient (Wildman–Crippen LogP) is 1.99. The third-order valence-electron chi connectivity index (χ3n) is 5.66. The van der Waals surface area contributed by atoms with Gasteiger partial charge in [-0.05, 0) is 50.3 Å². The van der Waals surface area contributed by atoms with Gasteiger partial charge >= 0.3 is 6.36 Å². The van der Waals surface area contributed by atoms with Crippen molar-refractivity contribution in [3.05, 3.63) is 29.8 Å². The first-order valence-corrected chi connectivity index (χ1v) is 10.2. The summed E-state index contributed by atoms with van der Waals surface area (Å²) >= 11 is 0. The molecular weight excluding hydrogens is 427 g/mol. The zero-order valence-corrected chi connectivity index (χ0v) is 17.5. The highest BCUT2D eigenvalue weighted by molar-refractivity contribution is 5.96. The van der Waals surface area contributed by atoms with Crippen molar-refractivity contribution >= 4 is 17.7 Å².